The number of rotatable bonds is 0. The summed E-state index contributed by atoms with van der Waals surface area (Å²) in [4.78, 5) is 5.55. The molecular weight excluding hydrogens is 232 g/mol. The molecule has 1 saturated heterocycles. The summed E-state index contributed by atoms with van der Waals surface area (Å²) in [6, 6.07) is 0. The molecule has 0 N–H and O–H groups in total. The normalized spacial score (nSPS) is 37.3. The average Bonchev–Trinajstić information content (AvgIpc) is 2.29. The van der Waals surface area contributed by atoms with Crippen LogP contribution in [0, 0.1) is 0 Å². The summed E-state index contributed by atoms with van der Waals surface area (Å²) < 4.78 is 2.02. The molecular formula is C9H16BrN2O+. The third-order valence-corrected chi connectivity index (χ3v) is 3.34. The van der Waals surface area contributed by atoms with Gasteiger partial charge >= 0.3 is 0 Å². The van der Waals surface area contributed by atoms with E-state index < -0.39 is 0 Å². The van der Waals surface area contributed by atoms with Crippen molar-refractivity contribution in [3.63, 3.8) is 0 Å². The first-order chi connectivity index (χ1) is 6.02. The van der Waals surface area contributed by atoms with Crippen molar-refractivity contribution in [3.05, 3.63) is 0 Å². The van der Waals surface area contributed by atoms with Crippen molar-refractivity contribution in [2.45, 2.75) is 24.9 Å². The third kappa shape index (κ3) is 1.89. The molecule has 0 saturated carbocycles. The van der Waals surface area contributed by atoms with Crippen molar-refractivity contribution in [1.29, 1.82) is 0 Å². The number of halogens is 1. The molecule has 0 radical (unpaired) electrons. The molecule has 2 aliphatic heterocycles. The van der Waals surface area contributed by atoms with Crippen molar-refractivity contribution in [2.24, 2.45) is 5.16 Å². The van der Waals surface area contributed by atoms with Crippen LogP contribution in [0.25, 0.3) is 0 Å². The molecule has 1 spiro atoms. The highest BCUT2D eigenvalue weighted by atomic mass is 79.9. The van der Waals surface area contributed by atoms with Crippen molar-refractivity contribution in [1.82, 2.24) is 0 Å². The predicted octanol–water partition coefficient (Wildman–Crippen LogP) is 1.72. The van der Waals surface area contributed by atoms with Gasteiger partial charge in [0.05, 0.1) is 20.6 Å². The Morgan fingerprint density at radius 2 is 2.31 bits per heavy atom. The lowest BCUT2D eigenvalue weighted by Crippen LogP contribution is -2.56. The lowest BCUT2D eigenvalue weighted by atomic mass is 9.89. The quantitative estimate of drug-likeness (QED) is 0.598. The van der Waals surface area contributed by atoms with E-state index in [0.29, 0.717) is 0 Å². The van der Waals surface area contributed by atoms with Crippen LogP contribution in [0.2, 0.25) is 0 Å². The number of nitrogens with zero attached hydrogens (tertiary/aromatic N) is 2. The van der Waals surface area contributed by atoms with Gasteiger partial charge in [-0.15, -0.1) is 0 Å². The van der Waals surface area contributed by atoms with Gasteiger partial charge in [0, 0.05) is 19.3 Å². The first-order valence-electron chi connectivity index (χ1n) is 4.74. The summed E-state index contributed by atoms with van der Waals surface area (Å²) >= 11 is 3.40. The smallest absolute Gasteiger partial charge is 0.192 e. The highest BCUT2D eigenvalue weighted by molar-refractivity contribution is 9.18. The van der Waals surface area contributed by atoms with E-state index in [9.17, 15) is 0 Å². The molecule has 1 atom stereocenters. The summed E-state index contributed by atoms with van der Waals surface area (Å²) in [7, 11) is 4.52. The molecule has 2 rings (SSSR count). The number of quaternary nitrogens is 1. The van der Waals surface area contributed by atoms with E-state index in [1.54, 1.807) is 0 Å². The highest BCUT2D eigenvalue weighted by Gasteiger charge is 2.46. The topological polar surface area (TPSA) is 21.6 Å². The molecule has 0 aromatic carbocycles. The van der Waals surface area contributed by atoms with Crippen LogP contribution in [0.5, 0.6) is 0 Å². The number of likely N-dealkylation sites (tertiary alicyclic amines) is 1. The molecule has 4 heteroatoms. The molecule has 0 amide bonds. The maximum absolute atomic E-state index is 5.55. The number of oxime groups is 1. The molecule has 0 aromatic heterocycles. The van der Waals surface area contributed by atoms with E-state index >= 15 is 0 Å². The van der Waals surface area contributed by atoms with Crippen LogP contribution >= 0.6 is 15.9 Å². The first kappa shape index (κ1) is 9.46. The van der Waals surface area contributed by atoms with Gasteiger partial charge in [-0.1, -0.05) is 5.16 Å². The molecule has 3 nitrogen and oxygen atoms in total. The van der Waals surface area contributed by atoms with E-state index in [2.05, 4.69) is 35.2 Å². The monoisotopic (exact) mass is 247 g/mol. The van der Waals surface area contributed by atoms with E-state index in [1.165, 1.54) is 13.0 Å². The van der Waals surface area contributed by atoms with Crippen molar-refractivity contribution >= 4 is 20.6 Å². The maximum atomic E-state index is 5.55. The molecule has 1 fully saturated rings. The van der Waals surface area contributed by atoms with Crippen molar-refractivity contribution in [2.75, 3.05) is 27.2 Å². The molecule has 0 bridgehead atoms. The summed E-state index contributed by atoms with van der Waals surface area (Å²) in [5.41, 5.74) is 0.000579. The molecule has 13 heavy (non-hydrogen) atoms. The Balaban J connectivity index is 2.09. The predicted molar refractivity (Wildman–Crippen MR) is 55.9 cm³/mol. The van der Waals surface area contributed by atoms with E-state index in [4.69, 9.17) is 4.84 Å². The highest BCUT2D eigenvalue weighted by Crippen LogP contribution is 2.35. The molecule has 0 aliphatic carbocycles. The zero-order valence-corrected chi connectivity index (χ0v) is 9.80. The van der Waals surface area contributed by atoms with E-state index in [-0.39, 0.29) is 5.60 Å². The minimum absolute atomic E-state index is 0.000579. The Labute approximate surface area is 87.4 Å². The van der Waals surface area contributed by atoms with Crippen LogP contribution in [0.1, 0.15) is 19.3 Å². The number of piperidine rings is 1. The molecule has 2 heterocycles. The van der Waals surface area contributed by atoms with Crippen LogP contribution in [-0.4, -0.2) is 41.9 Å². The van der Waals surface area contributed by atoms with Gasteiger partial charge in [0.25, 0.3) is 0 Å². The van der Waals surface area contributed by atoms with E-state index in [0.717, 1.165) is 28.5 Å². The summed E-state index contributed by atoms with van der Waals surface area (Å²) in [5.74, 6) is 0. The van der Waals surface area contributed by atoms with Crippen LogP contribution < -0.4 is 0 Å². The second kappa shape index (κ2) is 2.95. The molecule has 0 aromatic rings. The van der Waals surface area contributed by atoms with Crippen LogP contribution in [0.4, 0.5) is 0 Å². The Kier molecular flexibility index (Phi) is 2.15. The standard InChI is InChI=1S/C9H16BrN2O/c1-12(2)5-3-4-9(7-12)6-8(10)11-13-9/h3-7H2,1-2H3/q+1. The average molecular weight is 248 g/mol. The van der Waals surface area contributed by atoms with Crippen LogP contribution in [0.15, 0.2) is 5.16 Å². The Bertz CT molecular complexity index is 252. The summed E-state index contributed by atoms with van der Waals surface area (Å²) in [6.07, 6.45) is 3.34. The number of hydrogen-bond acceptors (Lipinski definition) is 2. The Morgan fingerprint density at radius 3 is 2.85 bits per heavy atom. The Hall–Kier alpha value is -0.0900. The summed E-state index contributed by atoms with van der Waals surface area (Å²) in [5, 5.41) is 4.00. The fourth-order valence-electron chi connectivity index (χ4n) is 2.46. The summed E-state index contributed by atoms with van der Waals surface area (Å²) in [6.45, 7) is 2.33. The van der Waals surface area contributed by atoms with Gasteiger partial charge in [-0.2, -0.15) is 0 Å². The fourth-order valence-corrected chi connectivity index (χ4v) is 3.05. The number of likely N-dealkylation sites (N-methyl/N-ethyl adjacent to an activating group) is 1. The maximum Gasteiger partial charge on any atom is 0.192 e. The fraction of sp³-hybridized carbons (Fsp3) is 0.889. The molecule has 74 valence electrons. The second-order valence-corrected chi connectivity index (χ2v) is 5.76. The van der Waals surface area contributed by atoms with E-state index in [1.807, 2.05) is 0 Å². The van der Waals surface area contributed by atoms with Crippen LogP contribution in [0.3, 0.4) is 0 Å². The van der Waals surface area contributed by atoms with Crippen LogP contribution in [-0.2, 0) is 4.84 Å². The van der Waals surface area contributed by atoms with Gasteiger partial charge in [-0.3, -0.25) is 0 Å². The minimum atomic E-state index is 0.000579. The van der Waals surface area contributed by atoms with Gasteiger partial charge in [0.15, 0.2) is 5.60 Å². The minimum Gasteiger partial charge on any atom is -0.382 e. The second-order valence-electron chi connectivity index (χ2n) is 4.84. The number of hydrogen-bond donors (Lipinski definition) is 0. The zero-order chi connectivity index (χ0) is 9.53. The van der Waals surface area contributed by atoms with Gasteiger partial charge in [-0.05, 0) is 15.9 Å². The van der Waals surface area contributed by atoms with Crippen molar-refractivity contribution in [3.8, 4) is 0 Å². The molecule has 1 unspecified atom stereocenters. The largest absolute Gasteiger partial charge is 0.382 e. The van der Waals surface area contributed by atoms with Gasteiger partial charge in [0.2, 0.25) is 0 Å². The third-order valence-electron chi connectivity index (χ3n) is 2.92. The lowest BCUT2D eigenvalue weighted by molar-refractivity contribution is -0.902. The lowest BCUT2D eigenvalue weighted by Gasteiger charge is -2.41. The zero-order valence-electron chi connectivity index (χ0n) is 8.22. The first-order valence-corrected chi connectivity index (χ1v) is 5.53. The Morgan fingerprint density at radius 1 is 1.54 bits per heavy atom. The van der Waals surface area contributed by atoms with Crippen molar-refractivity contribution < 1.29 is 9.32 Å². The van der Waals surface area contributed by atoms with Gasteiger partial charge in [-0.25, -0.2) is 0 Å². The van der Waals surface area contributed by atoms with Gasteiger partial charge in [0.1, 0.15) is 11.2 Å². The molecule has 2 aliphatic rings. The van der Waals surface area contributed by atoms with Gasteiger partial charge < -0.3 is 9.32 Å². The SMILES string of the molecule is C[N+]1(C)CCCC2(CC(Br)=NO2)C1.